The Bertz CT molecular complexity index is 378. The highest BCUT2D eigenvalue weighted by Gasteiger charge is 2.19. The van der Waals surface area contributed by atoms with Gasteiger partial charge in [0, 0.05) is 18.4 Å². The van der Waals surface area contributed by atoms with E-state index in [1.54, 1.807) is 12.3 Å². The van der Waals surface area contributed by atoms with E-state index >= 15 is 0 Å². The van der Waals surface area contributed by atoms with Crippen LogP contribution in [0.1, 0.15) is 43.1 Å². The van der Waals surface area contributed by atoms with E-state index in [0.29, 0.717) is 17.3 Å². The summed E-state index contributed by atoms with van der Waals surface area (Å²) in [5.41, 5.74) is 6.71. The number of hydrogen-bond acceptors (Lipinski definition) is 2. The van der Waals surface area contributed by atoms with Crippen LogP contribution in [-0.4, -0.2) is 17.4 Å². The molecule has 1 heterocycles. The molecule has 1 aliphatic carbocycles. The number of aromatic amines is 1. The van der Waals surface area contributed by atoms with Crippen molar-refractivity contribution in [3.8, 4) is 0 Å². The maximum absolute atomic E-state index is 11.8. The largest absolute Gasteiger partial charge is 0.397 e. The number of rotatable bonds is 3. The molecule has 0 radical (unpaired) electrons. The third kappa shape index (κ3) is 3.25. The Hall–Kier alpha value is -1.45. The molecule has 0 aliphatic heterocycles. The zero-order valence-corrected chi connectivity index (χ0v) is 10.3. The molecule has 0 bridgehead atoms. The van der Waals surface area contributed by atoms with Crippen molar-refractivity contribution in [2.24, 2.45) is 11.8 Å². The average Bonchev–Trinajstić information content (AvgIpc) is 2.75. The first-order chi connectivity index (χ1) is 8.15. The molecule has 2 rings (SSSR count). The highest BCUT2D eigenvalue weighted by atomic mass is 16.1. The van der Waals surface area contributed by atoms with Crippen LogP contribution in [0.4, 0.5) is 5.69 Å². The van der Waals surface area contributed by atoms with Crippen molar-refractivity contribution in [1.82, 2.24) is 10.3 Å². The molecule has 4 nitrogen and oxygen atoms in total. The maximum Gasteiger partial charge on any atom is 0.267 e. The van der Waals surface area contributed by atoms with Gasteiger partial charge in [-0.3, -0.25) is 4.79 Å². The first kappa shape index (κ1) is 12.0. The molecule has 1 aliphatic rings. The predicted octanol–water partition coefficient (Wildman–Crippen LogP) is 2.15. The lowest BCUT2D eigenvalue weighted by atomic mass is 9.83. The Morgan fingerprint density at radius 3 is 2.76 bits per heavy atom. The SMILES string of the molecule is CC1CCC(CNC(=O)c2cc(N)c[nH]2)CC1. The van der Waals surface area contributed by atoms with Crippen LogP contribution in [0.25, 0.3) is 0 Å². The van der Waals surface area contributed by atoms with Crippen molar-refractivity contribution in [3.63, 3.8) is 0 Å². The number of nitrogens with one attached hydrogen (secondary N) is 2. The minimum absolute atomic E-state index is 0.0553. The first-order valence-electron chi connectivity index (χ1n) is 6.37. The van der Waals surface area contributed by atoms with Crippen molar-refractivity contribution in [2.45, 2.75) is 32.6 Å². The fourth-order valence-electron chi connectivity index (χ4n) is 2.41. The summed E-state index contributed by atoms with van der Waals surface area (Å²) in [7, 11) is 0. The number of aromatic nitrogens is 1. The van der Waals surface area contributed by atoms with Crippen LogP contribution in [0, 0.1) is 11.8 Å². The zero-order chi connectivity index (χ0) is 12.3. The number of nitrogens with two attached hydrogens (primary N) is 1. The number of hydrogen-bond donors (Lipinski definition) is 3. The van der Waals surface area contributed by atoms with E-state index < -0.39 is 0 Å². The van der Waals surface area contributed by atoms with Crippen LogP contribution in [-0.2, 0) is 0 Å². The molecule has 0 spiro atoms. The molecule has 0 atom stereocenters. The Labute approximate surface area is 102 Å². The number of amides is 1. The van der Waals surface area contributed by atoms with Gasteiger partial charge in [0.05, 0.1) is 0 Å². The van der Waals surface area contributed by atoms with Crippen LogP contribution in [0.5, 0.6) is 0 Å². The van der Waals surface area contributed by atoms with Gasteiger partial charge >= 0.3 is 0 Å². The van der Waals surface area contributed by atoms with Crippen molar-refractivity contribution >= 4 is 11.6 Å². The Morgan fingerprint density at radius 2 is 2.18 bits per heavy atom. The number of nitrogen functional groups attached to an aromatic ring is 1. The molecule has 1 aromatic rings. The van der Waals surface area contributed by atoms with Crippen LogP contribution < -0.4 is 11.1 Å². The fourth-order valence-corrected chi connectivity index (χ4v) is 2.41. The summed E-state index contributed by atoms with van der Waals surface area (Å²) >= 11 is 0. The number of anilines is 1. The molecule has 1 fully saturated rings. The van der Waals surface area contributed by atoms with Gasteiger partial charge in [0.25, 0.3) is 5.91 Å². The van der Waals surface area contributed by atoms with E-state index in [0.717, 1.165) is 12.5 Å². The monoisotopic (exact) mass is 235 g/mol. The van der Waals surface area contributed by atoms with Crippen molar-refractivity contribution < 1.29 is 4.79 Å². The standard InChI is InChI=1S/C13H21N3O/c1-9-2-4-10(5-3-9)7-16-13(17)12-6-11(14)8-15-12/h6,8-10,15H,2-5,7,14H2,1H3,(H,16,17). The molecule has 4 N–H and O–H groups in total. The Balaban J connectivity index is 1.76. The Morgan fingerprint density at radius 1 is 1.47 bits per heavy atom. The van der Waals surface area contributed by atoms with Gasteiger partial charge in [0.1, 0.15) is 5.69 Å². The second-order valence-corrected chi connectivity index (χ2v) is 5.18. The quantitative estimate of drug-likeness (QED) is 0.751. The Kier molecular flexibility index (Phi) is 3.71. The average molecular weight is 235 g/mol. The van der Waals surface area contributed by atoms with E-state index in [9.17, 15) is 4.79 Å². The summed E-state index contributed by atoms with van der Waals surface area (Å²) < 4.78 is 0. The highest BCUT2D eigenvalue weighted by Crippen LogP contribution is 2.27. The maximum atomic E-state index is 11.8. The van der Waals surface area contributed by atoms with Gasteiger partial charge in [0.2, 0.25) is 0 Å². The lowest BCUT2D eigenvalue weighted by Crippen LogP contribution is -2.31. The third-order valence-electron chi connectivity index (χ3n) is 3.64. The summed E-state index contributed by atoms with van der Waals surface area (Å²) in [6.07, 6.45) is 6.67. The topological polar surface area (TPSA) is 70.9 Å². The second kappa shape index (κ2) is 5.25. The number of H-pyrrole nitrogens is 1. The van der Waals surface area contributed by atoms with Crippen molar-refractivity contribution in [1.29, 1.82) is 0 Å². The molecule has 0 unspecified atom stereocenters. The van der Waals surface area contributed by atoms with Gasteiger partial charge < -0.3 is 16.0 Å². The molecular formula is C13H21N3O. The summed E-state index contributed by atoms with van der Waals surface area (Å²) in [6, 6.07) is 1.66. The third-order valence-corrected chi connectivity index (χ3v) is 3.64. The van der Waals surface area contributed by atoms with Crippen LogP contribution in [0.2, 0.25) is 0 Å². The lowest BCUT2D eigenvalue weighted by molar-refractivity contribution is 0.0937. The second-order valence-electron chi connectivity index (χ2n) is 5.18. The molecule has 94 valence electrons. The van der Waals surface area contributed by atoms with Crippen molar-refractivity contribution in [3.05, 3.63) is 18.0 Å². The van der Waals surface area contributed by atoms with E-state index in [-0.39, 0.29) is 5.91 Å². The van der Waals surface area contributed by atoms with E-state index in [4.69, 9.17) is 5.73 Å². The summed E-state index contributed by atoms with van der Waals surface area (Å²) in [5.74, 6) is 1.44. The molecule has 1 aromatic heterocycles. The van der Waals surface area contributed by atoms with E-state index in [1.807, 2.05) is 0 Å². The van der Waals surface area contributed by atoms with Gasteiger partial charge in [-0.05, 0) is 30.7 Å². The van der Waals surface area contributed by atoms with Crippen LogP contribution in [0.15, 0.2) is 12.3 Å². The number of carbonyl (C=O) groups excluding carboxylic acids is 1. The normalized spacial score (nSPS) is 24.5. The van der Waals surface area contributed by atoms with Gasteiger partial charge in [-0.2, -0.15) is 0 Å². The molecule has 0 saturated heterocycles. The molecule has 17 heavy (non-hydrogen) atoms. The number of carbonyl (C=O) groups is 1. The van der Waals surface area contributed by atoms with Crippen molar-refractivity contribution in [2.75, 3.05) is 12.3 Å². The summed E-state index contributed by atoms with van der Waals surface area (Å²) in [5, 5.41) is 2.97. The van der Waals surface area contributed by atoms with Gasteiger partial charge in [0.15, 0.2) is 0 Å². The van der Waals surface area contributed by atoms with Crippen LogP contribution in [0.3, 0.4) is 0 Å². The van der Waals surface area contributed by atoms with Gasteiger partial charge in [-0.25, -0.2) is 0 Å². The molecule has 4 heteroatoms. The summed E-state index contributed by atoms with van der Waals surface area (Å²) in [6.45, 7) is 3.08. The lowest BCUT2D eigenvalue weighted by Gasteiger charge is -2.26. The zero-order valence-electron chi connectivity index (χ0n) is 10.3. The molecule has 1 saturated carbocycles. The fraction of sp³-hybridized carbons (Fsp3) is 0.615. The summed E-state index contributed by atoms with van der Waals surface area (Å²) in [4.78, 5) is 14.6. The predicted molar refractivity (Wildman–Crippen MR) is 68.7 cm³/mol. The van der Waals surface area contributed by atoms with Gasteiger partial charge in [-0.15, -0.1) is 0 Å². The minimum Gasteiger partial charge on any atom is -0.397 e. The molecular weight excluding hydrogens is 214 g/mol. The van der Waals surface area contributed by atoms with E-state index in [2.05, 4.69) is 17.2 Å². The van der Waals surface area contributed by atoms with Gasteiger partial charge in [-0.1, -0.05) is 19.8 Å². The minimum atomic E-state index is -0.0553. The van der Waals surface area contributed by atoms with Crippen LogP contribution >= 0.6 is 0 Å². The smallest absolute Gasteiger partial charge is 0.267 e. The molecule has 1 amide bonds. The highest BCUT2D eigenvalue weighted by molar-refractivity contribution is 5.93. The molecule has 0 aromatic carbocycles. The van der Waals surface area contributed by atoms with E-state index in [1.165, 1.54) is 25.7 Å². The first-order valence-corrected chi connectivity index (χ1v) is 6.37.